The van der Waals surface area contributed by atoms with E-state index in [4.69, 9.17) is 5.11 Å². The number of rotatable bonds is 7. The molecule has 1 saturated carbocycles. The van der Waals surface area contributed by atoms with Crippen molar-refractivity contribution in [1.82, 2.24) is 9.88 Å². The van der Waals surface area contributed by atoms with Gasteiger partial charge in [-0.1, -0.05) is 23.8 Å². The van der Waals surface area contributed by atoms with Gasteiger partial charge in [0.15, 0.2) is 0 Å². The number of aromatic nitrogens is 1. The Balaban J connectivity index is 2.00. The van der Waals surface area contributed by atoms with Crippen LogP contribution >= 0.6 is 0 Å². The first-order valence-corrected chi connectivity index (χ1v) is 9.21. The van der Waals surface area contributed by atoms with E-state index in [1.54, 1.807) is 6.07 Å². The van der Waals surface area contributed by atoms with Crippen LogP contribution in [0.4, 0.5) is 0 Å². The van der Waals surface area contributed by atoms with E-state index in [2.05, 4.69) is 4.98 Å². The van der Waals surface area contributed by atoms with E-state index in [9.17, 15) is 14.4 Å². The minimum absolute atomic E-state index is 0.139. The van der Waals surface area contributed by atoms with Gasteiger partial charge in [-0.3, -0.25) is 14.4 Å². The standard InChI is InChI=1S/C21H24N2O4/c1-3-23(21(27)15-5-6-15)12-16-8-13(2)4-7-17(16)18-9-14(10-19(24)25)11-22-20(18)26/h4,7-9,11,15H,3,5-6,10,12H2,1-2H3,(H,22,26)(H,24,25). The lowest BCUT2D eigenvalue weighted by Crippen LogP contribution is -2.31. The molecule has 1 aromatic heterocycles. The first-order valence-electron chi connectivity index (χ1n) is 9.21. The molecule has 2 N–H and O–H groups in total. The molecule has 0 aliphatic heterocycles. The topological polar surface area (TPSA) is 90.5 Å². The van der Waals surface area contributed by atoms with Crippen LogP contribution in [0.2, 0.25) is 0 Å². The van der Waals surface area contributed by atoms with Gasteiger partial charge in [0.2, 0.25) is 5.91 Å². The maximum atomic E-state index is 12.5. The van der Waals surface area contributed by atoms with E-state index < -0.39 is 5.97 Å². The van der Waals surface area contributed by atoms with Crippen molar-refractivity contribution in [2.24, 2.45) is 5.92 Å². The van der Waals surface area contributed by atoms with Crippen LogP contribution < -0.4 is 5.56 Å². The molecule has 2 aromatic rings. The number of aryl methyl sites for hydroxylation is 1. The summed E-state index contributed by atoms with van der Waals surface area (Å²) in [6, 6.07) is 7.40. The van der Waals surface area contributed by atoms with Crippen molar-refractivity contribution in [3.8, 4) is 11.1 Å². The predicted octanol–water partition coefficient (Wildman–Crippen LogP) is 2.74. The number of aliphatic carboxylic acids is 1. The Kier molecular flexibility index (Phi) is 5.44. The summed E-state index contributed by atoms with van der Waals surface area (Å²) in [5.41, 5.74) is 3.36. The number of H-pyrrole nitrogens is 1. The van der Waals surface area contributed by atoms with E-state index in [0.29, 0.717) is 24.2 Å². The van der Waals surface area contributed by atoms with E-state index in [1.807, 2.05) is 36.9 Å². The molecule has 1 aromatic carbocycles. The van der Waals surface area contributed by atoms with E-state index in [-0.39, 0.29) is 23.8 Å². The first-order chi connectivity index (χ1) is 12.9. The van der Waals surface area contributed by atoms with Crippen LogP contribution in [0.25, 0.3) is 11.1 Å². The van der Waals surface area contributed by atoms with E-state index >= 15 is 0 Å². The van der Waals surface area contributed by atoms with E-state index in [0.717, 1.165) is 29.5 Å². The van der Waals surface area contributed by atoms with Gasteiger partial charge >= 0.3 is 5.97 Å². The van der Waals surface area contributed by atoms with Gasteiger partial charge in [0.25, 0.3) is 5.56 Å². The predicted molar refractivity (Wildman–Crippen MR) is 102 cm³/mol. The Bertz CT molecular complexity index is 928. The number of carboxylic acid groups (broad SMARTS) is 1. The lowest BCUT2D eigenvalue weighted by Gasteiger charge is -2.23. The Morgan fingerprint density at radius 1 is 1.22 bits per heavy atom. The molecule has 1 aliphatic carbocycles. The average Bonchev–Trinajstić information content (AvgIpc) is 3.46. The summed E-state index contributed by atoms with van der Waals surface area (Å²) < 4.78 is 0. The van der Waals surface area contributed by atoms with Crippen LogP contribution in [0.15, 0.2) is 35.3 Å². The van der Waals surface area contributed by atoms with Crippen molar-refractivity contribution in [1.29, 1.82) is 0 Å². The third-order valence-corrected chi connectivity index (χ3v) is 4.85. The highest BCUT2D eigenvalue weighted by Crippen LogP contribution is 2.32. The largest absolute Gasteiger partial charge is 0.481 e. The molecule has 1 amide bonds. The van der Waals surface area contributed by atoms with Gasteiger partial charge in [-0.15, -0.1) is 0 Å². The summed E-state index contributed by atoms with van der Waals surface area (Å²) in [6.45, 7) is 4.97. The van der Waals surface area contributed by atoms with Gasteiger partial charge in [0.1, 0.15) is 0 Å². The normalized spacial score (nSPS) is 13.4. The Morgan fingerprint density at radius 2 is 1.96 bits per heavy atom. The van der Waals surface area contributed by atoms with Crippen LogP contribution in [-0.4, -0.2) is 33.4 Å². The van der Waals surface area contributed by atoms with Crippen molar-refractivity contribution in [2.45, 2.75) is 39.7 Å². The molecule has 3 rings (SSSR count). The fourth-order valence-corrected chi connectivity index (χ4v) is 3.26. The third-order valence-electron chi connectivity index (χ3n) is 4.85. The number of nitrogens with one attached hydrogen (secondary N) is 1. The summed E-state index contributed by atoms with van der Waals surface area (Å²) in [4.78, 5) is 40.4. The van der Waals surface area contributed by atoms with Gasteiger partial charge in [0.05, 0.1) is 6.42 Å². The number of carbonyl (C=O) groups is 2. The second kappa shape index (κ2) is 7.78. The Labute approximate surface area is 157 Å². The number of carbonyl (C=O) groups excluding carboxylic acids is 1. The maximum Gasteiger partial charge on any atom is 0.307 e. The van der Waals surface area contributed by atoms with Crippen LogP contribution in [-0.2, 0) is 22.6 Å². The molecule has 6 heteroatoms. The zero-order valence-corrected chi connectivity index (χ0v) is 15.6. The monoisotopic (exact) mass is 368 g/mol. The molecule has 0 spiro atoms. The molecule has 1 heterocycles. The summed E-state index contributed by atoms with van der Waals surface area (Å²) in [6.07, 6.45) is 3.18. The van der Waals surface area contributed by atoms with Gasteiger partial charge in [-0.2, -0.15) is 0 Å². The lowest BCUT2D eigenvalue weighted by atomic mass is 9.97. The van der Waals surface area contributed by atoms with Crippen LogP contribution in [0.3, 0.4) is 0 Å². The molecule has 0 bridgehead atoms. The molecular weight excluding hydrogens is 344 g/mol. The number of hydrogen-bond acceptors (Lipinski definition) is 3. The molecule has 0 saturated heterocycles. The summed E-state index contributed by atoms with van der Waals surface area (Å²) in [7, 11) is 0. The SMILES string of the molecule is CCN(Cc1cc(C)ccc1-c1cc(CC(=O)O)c[nH]c1=O)C(=O)C1CC1. The van der Waals surface area contributed by atoms with Crippen LogP contribution in [0.5, 0.6) is 0 Å². The first kappa shape index (κ1) is 18.9. The third kappa shape index (κ3) is 4.45. The lowest BCUT2D eigenvalue weighted by molar-refractivity contribution is -0.136. The number of hydrogen-bond donors (Lipinski definition) is 2. The second-order valence-corrected chi connectivity index (χ2v) is 7.11. The summed E-state index contributed by atoms with van der Waals surface area (Å²) in [5, 5.41) is 9.02. The minimum atomic E-state index is -0.954. The smallest absolute Gasteiger partial charge is 0.307 e. The summed E-state index contributed by atoms with van der Waals surface area (Å²) >= 11 is 0. The van der Waals surface area contributed by atoms with Crippen molar-refractivity contribution < 1.29 is 14.7 Å². The average molecular weight is 368 g/mol. The number of pyridine rings is 1. The molecule has 0 unspecified atom stereocenters. The highest BCUT2D eigenvalue weighted by Gasteiger charge is 2.33. The fourth-order valence-electron chi connectivity index (χ4n) is 3.26. The van der Waals surface area contributed by atoms with Gasteiger partial charge in [0, 0.05) is 30.8 Å². The van der Waals surface area contributed by atoms with Crippen LogP contribution in [0.1, 0.15) is 36.5 Å². The molecule has 142 valence electrons. The van der Waals surface area contributed by atoms with Crippen molar-refractivity contribution in [3.63, 3.8) is 0 Å². The highest BCUT2D eigenvalue weighted by atomic mass is 16.4. The van der Waals surface area contributed by atoms with Gasteiger partial charge in [-0.25, -0.2) is 0 Å². The Morgan fingerprint density at radius 3 is 2.59 bits per heavy atom. The van der Waals surface area contributed by atoms with Crippen LogP contribution in [0, 0.1) is 12.8 Å². The second-order valence-electron chi connectivity index (χ2n) is 7.11. The maximum absolute atomic E-state index is 12.5. The van der Waals surface area contributed by atoms with Crippen molar-refractivity contribution in [2.75, 3.05) is 6.54 Å². The van der Waals surface area contributed by atoms with Gasteiger partial charge in [-0.05, 0) is 49.4 Å². The van der Waals surface area contributed by atoms with Crippen molar-refractivity contribution in [3.05, 3.63) is 57.5 Å². The molecule has 1 aliphatic rings. The molecule has 27 heavy (non-hydrogen) atoms. The number of carboxylic acids is 1. The number of benzene rings is 1. The van der Waals surface area contributed by atoms with E-state index in [1.165, 1.54) is 6.20 Å². The molecular formula is C21H24N2O4. The molecule has 0 atom stereocenters. The molecule has 1 fully saturated rings. The highest BCUT2D eigenvalue weighted by molar-refractivity contribution is 5.81. The summed E-state index contributed by atoms with van der Waals surface area (Å²) in [5.74, 6) is -0.650. The Hall–Kier alpha value is -2.89. The van der Waals surface area contributed by atoms with Gasteiger partial charge < -0.3 is 15.0 Å². The zero-order valence-electron chi connectivity index (χ0n) is 15.6. The minimum Gasteiger partial charge on any atom is -0.481 e. The zero-order chi connectivity index (χ0) is 19.6. The number of nitrogens with zero attached hydrogens (tertiary/aromatic N) is 1. The molecule has 0 radical (unpaired) electrons. The molecule has 6 nitrogen and oxygen atoms in total. The number of amides is 1. The van der Waals surface area contributed by atoms with Crippen molar-refractivity contribution >= 4 is 11.9 Å². The fraction of sp³-hybridized carbons (Fsp3) is 0.381. The number of aromatic amines is 1. The quantitative estimate of drug-likeness (QED) is 0.786.